The second-order valence-corrected chi connectivity index (χ2v) is 10.4. The Morgan fingerprint density at radius 1 is 0.818 bits per heavy atom. The first-order valence-corrected chi connectivity index (χ1v) is 13.7. The fourth-order valence-electron chi connectivity index (χ4n) is 4.98. The zero-order valence-electron chi connectivity index (χ0n) is 19.3. The molecule has 1 aliphatic heterocycles. The lowest BCUT2D eigenvalue weighted by atomic mass is 9.87. The Morgan fingerprint density at radius 2 is 1.55 bits per heavy atom. The lowest BCUT2D eigenvalue weighted by Crippen LogP contribution is -2.20. The largest absolute Gasteiger partial charge is 0.340 e. The van der Waals surface area contributed by atoms with Gasteiger partial charge in [-0.25, -0.2) is 0 Å². The van der Waals surface area contributed by atoms with Crippen LogP contribution in [-0.4, -0.2) is 4.57 Å². The summed E-state index contributed by atoms with van der Waals surface area (Å²) in [5.74, 6) is 0. The number of fused-ring (bicyclic) bond motifs is 2. The SMILES string of the molecule is CCCCCCc1c(-c2cccs2)c(-c2cccs2)c2n(CC)c3ccccc3cc-2c1=O. The lowest BCUT2D eigenvalue weighted by Gasteiger charge is -2.25. The minimum absolute atomic E-state index is 0.207. The Kier molecular flexibility index (Phi) is 6.48. The number of rotatable bonds is 8. The molecule has 3 heterocycles. The van der Waals surface area contributed by atoms with Gasteiger partial charge in [0.25, 0.3) is 0 Å². The first-order valence-electron chi connectivity index (χ1n) is 11.9. The van der Waals surface area contributed by atoms with E-state index < -0.39 is 0 Å². The van der Waals surface area contributed by atoms with Crippen molar-refractivity contribution in [3.63, 3.8) is 0 Å². The Morgan fingerprint density at radius 3 is 2.21 bits per heavy atom. The number of aromatic nitrogens is 1. The summed E-state index contributed by atoms with van der Waals surface area (Å²) in [4.78, 5) is 16.6. The predicted molar refractivity (Wildman–Crippen MR) is 145 cm³/mol. The number of hydrogen-bond donors (Lipinski definition) is 0. The van der Waals surface area contributed by atoms with Crippen LogP contribution in [0.15, 0.2) is 70.2 Å². The van der Waals surface area contributed by atoms with Crippen LogP contribution in [0.5, 0.6) is 0 Å². The van der Waals surface area contributed by atoms with Crippen molar-refractivity contribution in [2.45, 2.75) is 52.5 Å². The van der Waals surface area contributed by atoms with Crippen LogP contribution < -0.4 is 5.43 Å². The van der Waals surface area contributed by atoms with Crippen molar-refractivity contribution in [3.05, 3.63) is 81.1 Å². The fourth-order valence-corrected chi connectivity index (χ4v) is 6.56. The maximum Gasteiger partial charge on any atom is 0.191 e. The zero-order chi connectivity index (χ0) is 22.8. The third-order valence-corrected chi connectivity index (χ3v) is 8.27. The summed E-state index contributed by atoms with van der Waals surface area (Å²) >= 11 is 3.50. The minimum Gasteiger partial charge on any atom is -0.340 e. The molecule has 0 atom stereocenters. The van der Waals surface area contributed by atoms with Crippen molar-refractivity contribution in [1.29, 1.82) is 0 Å². The maximum atomic E-state index is 14.1. The van der Waals surface area contributed by atoms with E-state index in [1.807, 2.05) is 0 Å². The Bertz CT molecular complexity index is 1390. The molecule has 2 aromatic heterocycles. The number of benzene rings is 2. The predicted octanol–water partition coefficient (Wildman–Crippen LogP) is 8.71. The molecule has 0 unspecified atom stereocenters. The normalized spacial score (nSPS) is 11.6. The molecule has 2 nitrogen and oxygen atoms in total. The quantitative estimate of drug-likeness (QED) is 0.164. The summed E-state index contributed by atoms with van der Waals surface area (Å²) < 4.78 is 2.35. The van der Waals surface area contributed by atoms with Gasteiger partial charge in [0.1, 0.15) is 0 Å². The second-order valence-electron chi connectivity index (χ2n) is 8.53. The van der Waals surface area contributed by atoms with Gasteiger partial charge < -0.3 is 4.57 Å². The molecule has 0 spiro atoms. The summed E-state index contributed by atoms with van der Waals surface area (Å²) in [7, 11) is 0. The highest BCUT2D eigenvalue weighted by molar-refractivity contribution is 7.14. The van der Waals surface area contributed by atoms with E-state index in [9.17, 15) is 4.79 Å². The van der Waals surface area contributed by atoms with E-state index >= 15 is 0 Å². The summed E-state index contributed by atoms with van der Waals surface area (Å²) in [5, 5.41) is 5.39. The number of pyridine rings is 1. The number of hydrogen-bond acceptors (Lipinski definition) is 3. The molecule has 1 aromatic carbocycles. The van der Waals surface area contributed by atoms with Gasteiger partial charge in [0.05, 0.1) is 5.69 Å². The van der Waals surface area contributed by atoms with E-state index in [2.05, 4.69) is 83.8 Å². The molecule has 0 bridgehead atoms. The van der Waals surface area contributed by atoms with E-state index in [1.165, 1.54) is 40.1 Å². The van der Waals surface area contributed by atoms with Gasteiger partial charge in [-0.2, -0.15) is 0 Å². The molecule has 3 aromatic rings. The van der Waals surface area contributed by atoms with Gasteiger partial charge >= 0.3 is 0 Å². The molecule has 1 aliphatic carbocycles. The van der Waals surface area contributed by atoms with Crippen LogP contribution >= 0.6 is 22.7 Å². The van der Waals surface area contributed by atoms with Crippen molar-refractivity contribution in [2.75, 3.05) is 0 Å². The summed E-state index contributed by atoms with van der Waals surface area (Å²) in [6, 6.07) is 19.2. The van der Waals surface area contributed by atoms with Gasteiger partial charge in [-0.3, -0.25) is 4.79 Å². The Hall–Kier alpha value is -2.69. The highest BCUT2D eigenvalue weighted by Gasteiger charge is 2.27. The molecule has 0 fully saturated rings. The monoisotopic (exact) mass is 471 g/mol. The van der Waals surface area contributed by atoms with Gasteiger partial charge in [-0.1, -0.05) is 56.5 Å². The van der Waals surface area contributed by atoms with Gasteiger partial charge in [-0.15, -0.1) is 22.7 Å². The van der Waals surface area contributed by atoms with Crippen LogP contribution in [0.3, 0.4) is 0 Å². The van der Waals surface area contributed by atoms with Crippen LogP contribution in [0, 0.1) is 0 Å². The van der Waals surface area contributed by atoms with Gasteiger partial charge in [0.2, 0.25) is 0 Å². The first kappa shape index (κ1) is 22.1. The lowest BCUT2D eigenvalue weighted by molar-refractivity contribution is 0.666. The van der Waals surface area contributed by atoms with Gasteiger partial charge in [0.15, 0.2) is 5.43 Å². The van der Waals surface area contributed by atoms with Crippen molar-refractivity contribution < 1.29 is 0 Å². The molecule has 0 saturated carbocycles. The summed E-state index contributed by atoms with van der Waals surface area (Å²) in [5.41, 5.74) is 6.67. The van der Waals surface area contributed by atoms with E-state index in [0.717, 1.165) is 47.2 Å². The molecule has 0 N–H and O–H groups in total. The number of para-hydroxylation sites is 1. The zero-order valence-corrected chi connectivity index (χ0v) is 20.9. The van der Waals surface area contributed by atoms with Crippen molar-refractivity contribution >= 4 is 33.6 Å². The van der Waals surface area contributed by atoms with E-state index in [4.69, 9.17) is 0 Å². The molecule has 33 heavy (non-hydrogen) atoms. The molecule has 0 amide bonds. The van der Waals surface area contributed by atoms with E-state index in [-0.39, 0.29) is 5.43 Å². The van der Waals surface area contributed by atoms with E-state index in [1.54, 1.807) is 22.7 Å². The molecule has 2 aliphatic rings. The first-order chi connectivity index (χ1) is 16.2. The van der Waals surface area contributed by atoms with Crippen LogP contribution in [0.2, 0.25) is 0 Å². The van der Waals surface area contributed by atoms with Crippen molar-refractivity contribution in [3.8, 4) is 32.1 Å². The Labute approximate surface area is 203 Å². The molecular weight excluding hydrogens is 442 g/mol. The van der Waals surface area contributed by atoms with Gasteiger partial charge in [0, 0.05) is 44.1 Å². The number of nitrogens with zero attached hydrogens (tertiary/aromatic N) is 1. The molecular formula is C29H29NOS2. The summed E-state index contributed by atoms with van der Waals surface area (Å²) in [6.07, 6.45) is 5.47. The molecule has 168 valence electrons. The standard InChI is InChI=1S/C29H29NOS2/c1-3-5-6-7-13-21-26(24-15-10-17-32-24)27(25-16-11-18-33-25)28-22(29(21)31)19-20-12-8-9-14-23(20)30(28)4-2/h8-12,14-19H,3-7,13H2,1-2H3. The number of thiophene rings is 2. The average Bonchev–Trinajstić information content (AvgIpc) is 3.56. The highest BCUT2D eigenvalue weighted by atomic mass is 32.1. The van der Waals surface area contributed by atoms with Gasteiger partial charge in [-0.05, 0) is 60.2 Å². The highest BCUT2D eigenvalue weighted by Crippen LogP contribution is 2.46. The molecule has 0 saturated heterocycles. The average molecular weight is 472 g/mol. The van der Waals surface area contributed by atoms with E-state index in [0.29, 0.717) is 0 Å². The maximum absolute atomic E-state index is 14.1. The smallest absolute Gasteiger partial charge is 0.191 e. The topological polar surface area (TPSA) is 22.0 Å². The van der Waals surface area contributed by atoms with Crippen molar-refractivity contribution in [2.24, 2.45) is 0 Å². The van der Waals surface area contributed by atoms with Crippen molar-refractivity contribution in [1.82, 2.24) is 4.57 Å². The van der Waals surface area contributed by atoms with Crippen LogP contribution in [0.4, 0.5) is 0 Å². The van der Waals surface area contributed by atoms with Crippen LogP contribution in [-0.2, 0) is 13.0 Å². The fraction of sp³-hybridized carbons (Fsp3) is 0.276. The molecule has 0 radical (unpaired) electrons. The summed E-state index contributed by atoms with van der Waals surface area (Å²) in [6.45, 7) is 5.23. The minimum atomic E-state index is 0.207. The second kappa shape index (κ2) is 9.66. The number of aryl methyl sites for hydroxylation is 1. The number of unbranched alkanes of at least 4 members (excludes halogenated alkanes) is 3. The van der Waals surface area contributed by atoms with Crippen LogP contribution in [0.25, 0.3) is 43.0 Å². The van der Waals surface area contributed by atoms with Crippen LogP contribution in [0.1, 0.15) is 45.1 Å². The Balaban J connectivity index is 1.93. The molecule has 4 heteroatoms. The molecule has 5 rings (SSSR count). The third kappa shape index (κ3) is 3.96. The third-order valence-electron chi connectivity index (χ3n) is 6.49.